The lowest BCUT2D eigenvalue weighted by atomic mass is 10.2. The topological polar surface area (TPSA) is 42.0 Å². The first-order chi connectivity index (χ1) is 11.2. The molecule has 0 saturated carbocycles. The molecule has 0 unspecified atom stereocenters. The van der Waals surface area contributed by atoms with Gasteiger partial charge in [0, 0.05) is 18.0 Å². The maximum atomic E-state index is 11.9. The van der Waals surface area contributed by atoms with Gasteiger partial charge in [0.1, 0.15) is 0 Å². The molecule has 5 heteroatoms. The molecule has 0 fully saturated rings. The molecule has 3 nitrogen and oxygen atoms in total. The Labute approximate surface area is 144 Å². The molecule has 1 heterocycles. The summed E-state index contributed by atoms with van der Waals surface area (Å²) in [5.41, 5.74) is 2.05. The van der Waals surface area contributed by atoms with Crippen molar-refractivity contribution in [2.75, 3.05) is 0 Å². The Bertz CT molecular complexity index is 782. The SMILES string of the molecule is O=C(CCCc1nc2ccccc2s1)NCc1cccc(Cl)c1. The minimum atomic E-state index is 0.0612. The fraction of sp³-hybridized carbons (Fsp3) is 0.222. The quantitative estimate of drug-likeness (QED) is 0.710. The van der Waals surface area contributed by atoms with Crippen molar-refractivity contribution in [1.29, 1.82) is 0 Å². The van der Waals surface area contributed by atoms with Gasteiger partial charge in [0.2, 0.25) is 5.91 Å². The van der Waals surface area contributed by atoms with Gasteiger partial charge in [-0.3, -0.25) is 4.79 Å². The second-order valence-electron chi connectivity index (χ2n) is 5.34. The van der Waals surface area contributed by atoms with Gasteiger partial charge in [0.05, 0.1) is 15.2 Å². The first-order valence-electron chi connectivity index (χ1n) is 7.56. The van der Waals surface area contributed by atoms with Gasteiger partial charge in [-0.25, -0.2) is 4.98 Å². The van der Waals surface area contributed by atoms with Crippen molar-refractivity contribution in [3.05, 3.63) is 64.1 Å². The van der Waals surface area contributed by atoms with E-state index in [2.05, 4.69) is 16.4 Å². The van der Waals surface area contributed by atoms with Gasteiger partial charge in [-0.1, -0.05) is 35.9 Å². The van der Waals surface area contributed by atoms with Crippen LogP contribution in [-0.4, -0.2) is 10.9 Å². The van der Waals surface area contributed by atoms with E-state index in [1.165, 1.54) is 4.70 Å². The zero-order valence-corrected chi connectivity index (χ0v) is 14.2. The Morgan fingerprint density at radius 2 is 2.04 bits per heavy atom. The molecule has 3 aromatic rings. The van der Waals surface area contributed by atoms with Crippen molar-refractivity contribution in [3.8, 4) is 0 Å². The molecule has 0 spiro atoms. The molecule has 1 aromatic heterocycles. The van der Waals surface area contributed by atoms with Crippen LogP contribution in [0.3, 0.4) is 0 Å². The number of benzene rings is 2. The molecule has 23 heavy (non-hydrogen) atoms. The molecule has 0 atom stereocenters. The summed E-state index contributed by atoms with van der Waals surface area (Å²) in [7, 11) is 0. The van der Waals surface area contributed by atoms with Crippen LogP contribution in [-0.2, 0) is 17.8 Å². The van der Waals surface area contributed by atoms with Crippen LogP contribution in [0.15, 0.2) is 48.5 Å². The number of halogens is 1. The zero-order valence-electron chi connectivity index (χ0n) is 12.6. The van der Waals surface area contributed by atoms with E-state index in [0.717, 1.165) is 28.9 Å². The molecule has 0 aliphatic heterocycles. The molecule has 0 bridgehead atoms. The first-order valence-corrected chi connectivity index (χ1v) is 8.76. The number of para-hydroxylation sites is 1. The second kappa shape index (κ2) is 7.57. The molecule has 0 aliphatic carbocycles. The van der Waals surface area contributed by atoms with Gasteiger partial charge >= 0.3 is 0 Å². The third kappa shape index (κ3) is 4.53. The van der Waals surface area contributed by atoms with E-state index in [9.17, 15) is 4.79 Å². The predicted octanol–water partition coefficient (Wildman–Crippen LogP) is 4.59. The molecule has 1 N–H and O–H groups in total. The highest BCUT2D eigenvalue weighted by molar-refractivity contribution is 7.18. The number of hydrogen-bond donors (Lipinski definition) is 1. The van der Waals surface area contributed by atoms with Crippen molar-refractivity contribution in [2.24, 2.45) is 0 Å². The van der Waals surface area contributed by atoms with E-state index in [1.807, 2.05) is 42.5 Å². The standard InChI is InChI=1S/C18H17ClN2OS/c19-14-6-3-5-13(11-14)12-20-17(22)9-4-10-18-21-15-7-1-2-8-16(15)23-18/h1-3,5-8,11H,4,9-10,12H2,(H,20,22). The minimum absolute atomic E-state index is 0.0612. The Balaban J connectivity index is 1.44. The highest BCUT2D eigenvalue weighted by atomic mass is 35.5. The highest BCUT2D eigenvalue weighted by Crippen LogP contribution is 2.22. The number of fused-ring (bicyclic) bond motifs is 1. The van der Waals surface area contributed by atoms with E-state index < -0.39 is 0 Å². The number of amides is 1. The van der Waals surface area contributed by atoms with E-state index in [-0.39, 0.29) is 5.91 Å². The lowest BCUT2D eigenvalue weighted by molar-refractivity contribution is -0.121. The van der Waals surface area contributed by atoms with Crippen LogP contribution in [0, 0.1) is 0 Å². The molecule has 0 radical (unpaired) electrons. The summed E-state index contributed by atoms with van der Waals surface area (Å²) in [6.07, 6.45) is 2.15. The number of carbonyl (C=O) groups excluding carboxylic acids is 1. The normalized spacial score (nSPS) is 10.8. The molecular formula is C18H17ClN2OS. The average molecular weight is 345 g/mol. The largest absolute Gasteiger partial charge is 0.352 e. The Kier molecular flexibility index (Phi) is 5.26. The van der Waals surface area contributed by atoms with Crippen LogP contribution in [0.25, 0.3) is 10.2 Å². The molecule has 1 amide bonds. The number of hydrogen-bond acceptors (Lipinski definition) is 3. The number of rotatable bonds is 6. The first kappa shape index (κ1) is 16.0. The summed E-state index contributed by atoms with van der Waals surface area (Å²) in [5.74, 6) is 0.0612. The Morgan fingerprint density at radius 3 is 2.87 bits per heavy atom. The molecule has 2 aromatic carbocycles. The van der Waals surface area contributed by atoms with E-state index >= 15 is 0 Å². The fourth-order valence-corrected chi connectivity index (χ4v) is 3.58. The minimum Gasteiger partial charge on any atom is -0.352 e. The van der Waals surface area contributed by atoms with Crippen LogP contribution in [0.5, 0.6) is 0 Å². The summed E-state index contributed by atoms with van der Waals surface area (Å²) in [6, 6.07) is 15.6. The summed E-state index contributed by atoms with van der Waals surface area (Å²) >= 11 is 7.63. The Morgan fingerprint density at radius 1 is 1.17 bits per heavy atom. The van der Waals surface area contributed by atoms with Crippen molar-refractivity contribution in [1.82, 2.24) is 10.3 Å². The third-order valence-corrected chi connectivity index (χ3v) is 4.84. The number of thiazole rings is 1. The summed E-state index contributed by atoms with van der Waals surface area (Å²) in [4.78, 5) is 16.5. The van der Waals surface area contributed by atoms with Crippen molar-refractivity contribution in [3.63, 3.8) is 0 Å². The number of aryl methyl sites for hydroxylation is 1. The fourth-order valence-electron chi connectivity index (χ4n) is 2.36. The molecule has 0 aliphatic rings. The van der Waals surface area contributed by atoms with E-state index in [0.29, 0.717) is 18.0 Å². The number of aromatic nitrogens is 1. The number of nitrogens with one attached hydrogen (secondary N) is 1. The van der Waals surface area contributed by atoms with Crippen LogP contribution in [0.4, 0.5) is 0 Å². The predicted molar refractivity (Wildman–Crippen MR) is 95.9 cm³/mol. The Hall–Kier alpha value is -1.91. The molecule has 3 rings (SSSR count). The van der Waals surface area contributed by atoms with Gasteiger partial charge in [0.15, 0.2) is 0 Å². The molecule has 118 valence electrons. The summed E-state index contributed by atoms with van der Waals surface area (Å²) in [5, 5.41) is 4.70. The monoisotopic (exact) mass is 344 g/mol. The van der Waals surface area contributed by atoms with E-state index in [1.54, 1.807) is 11.3 Å². The summed E-state index contributed by atoms with van der Waals surface area (Å²) in [6.45, 7) is 0.514. The van der Waals surface area contributed by atoms with E-state index in [4.69, 9.17) is 11.6 Å². The smallest absolute Gasteiger partial charge is 0.220 e. The molecule has 0 saturated heterocycles. The maximum absolute atomic E-state index is 11.9. The van der Waals surface area contributed by atoms with Crippen molar-refractivity contribution < 1.29 is 4.79 Å². The number of carbonyl (C=O) groups is 1. The maximum Gasteiger partial charge on any atom is 0.220 e. The third-order valence-electron chi connectivity index (χ3n) is 3.51. The molecular weight excluding hydrogens is 328 g/mol. The summed E-state index contributed by atoms with van der Waals surface area (Å²) < 4.78 is 1.20. The number of nitrogens with zero attached hydrogens (tertiary/aromatic N) is 1. The lowest BCUT2D eigenvalue weighted by Crippen LogP contribution is -2.22. The van der Waals surface area contributed by atoms with Gasteiger partial charge in [0.25, 0.3) is 0 Å². The van der Waals surface area contributed by atoms with Crippen LogP contribution < -0.4 is 5.32 Å². The van der Waals surface area contributed by atoms with Crippen LogP contribution in [0.1, 0.15) is 23.4 Å². The average Bonchev–Trinajstić information content (AvgIpc) is 2.96. The van der Waals surface area contributed by atoms with Crippen LogP contribution in [0.2, 0.25) is 5.02 Å². The van der Waals surface area contributed by atoms with Crippen molar-refractivity contribution >= 4 is 39.1 Å². The lowest BCUT2D eigenvalue weighted by Gasteiger charge is -2.05. The highest BCUT2D eigenvalue weighted by Gasteiger charge is 2.06. The van der Waals surface area contributed by atoms with Gasteiger partial charge < -0.3 is 5.32 Å². The van der Waals surface area contributed by atoms with Gasteiger partial charge in [-0.15, -0.1) is 11.3 Å². The second-order valence-corrected chi connectivity index (χ2v) is 6.89. The van der Waals surface area contributed by atoms with Gasteiger partial charge in [-0.2, -0.15) is 0 Å². The zero-order chi connectivity index (χ0) is 16.1. The van der Waals surface area contributed by atoms with Crippen LogP contribution >= 0.6 is 22.9 Å². The van der Waals surface area contributed by atoms with Gasteiger partial charge in [-0.05, 0) is 42.7 Å². The van der Waals surface area contributed by atoms with Crippen molar-refractivity contribution in [2.45, 2.75) is 25.8 Å².